The Morgan fingerprint density at radius 2 is 1.63 bits per heavy atom. The van der Waals surface area contributed by atoms with Crippen LogP contribution in [0.3, 0.4) is 0 Å². The second kappa shape index (κ2) is 11.3. The molecule has 3 aromatic carbocycles. The van der Waals surface area contributed by atoms with Gasteiger partial charge in [0.1, 0.15) is 11.4 Å². The quantitative estimate of drug-likeness (QED) is 0.287. The number of hydrogen-bond donors (Lipinski definition) is 1. The highest BCUT2D eigenvalue weighted by molar-refractivity contribution is 7.17. The first-order valence-corrected chi connectivity index (χ1v) is 13.1. The van der Waals surface area contributed by atoms with E-state index in [1.54, 1.807) is 14.2 Å². The molecule has 0 unspecified atom stereocenters. The number of carbonyl (C=O) groups is 1. The zero-order valence-corrected chi connectivity index (χ0v) is 22.0. The van der Waals surface area contributed by atoms with Gasteiger partial charge in [-0.3, -0.25) is 14.2 Å². The van der Waals surface area contributed by atoms with Crippen LogP contribution in [0.4, 0.5) is 0 Å². The van der Waals surface area contributed by atoms with Gasteiger partial charge in [-0.15, -0.1) is 11.3 Å². The molecule has 0 saturated heterocycles. The molecular weight excluding hydrogens is 498 g/mol. The number of amides is 1. The molecule has 7 nitrogen and oxygen atoms in total. The Balaban J connectivity index is 1.29. The van der Waals surface area contributed by atoms with E-state index in [4.69, 9.17) is 9.47 Å². The molecule has 0 fully saturated rings. The highest BCUT2D eigenvalue weighted by Gasteiger charge is 2.15. The maximum Gasteiger partial charge on any atom is 0.263 e. The lowest BCUT2D eigenvalue weighted by atomic mass is 10.0. The monoisotopic (exact) mass is 525 g/mol. The Hall–Kier alpha value is -4.43. The van der Waals surface area contributed by atoms with Crippen molar-refractivity contribution in [3.63, 3.8) is 0 Å². The van der Waals surface area contributed by atoms with Gasteiger partial charge in [-0.2, -0.15) is 0 Å². The first-order chi connectivity index (χ1) is 18.6. The number of fused-ring (bicyclic) bond motifs is 1. The summed E-state index contributed by atoms with van der Waals surface area (Å²) in [5.41, 5.74) is 4.78. The number of nitrogens with zero attached hydrogens (tertiary/aromatic N) is 2. The zero-order chi connectivity index (χ0) is 26.5. The molecule has 0 saturated carbocycles. The maximum absolute atomic E-state index is 13.4. The van der Waals surface area contributed by atoms with E-state index in [1.165, 1.54) is 22.2 Å². The molecule has 5 rings (SSSR count). The van der Waals surface area contributed by atoms with E-state index >= 15 is 0 Å². The number of ether oxygens (including phenoxy) is 2. The third-order valence-corrected chi connectivity index (χ3v) is 7.25. The van der Waals surface area contributed by atoms with E-state index in [1.807, 2.05) is 53.9 Å². The normalized spacial score (nSPS) is 10.9. The lowest BCUT2D eigenvalue weighted by molar-refractivity contribution is -0.121. The Morgan fingerprint density at radius 1 is 0.921 bits per heavy atom. The predicted octanol–water partition coefficient (Wildman–Crippen LogP) is 5.17. The van der Waals surface area contributed by atoms with Crippen LogP contribution in [0.1, 0.15) is 5.56 Å². The summed E-state index contributed by atoms with van der Waals surface area (Å²) in [4.78, 5) is 31.1. The number of aromatic nitrogens is 2. The largest absolute Gasteiger partial charge is 0.493 e. The lowest BCUT2D eigenvalue weighted by Crippen LogP contribution is -2.33. The summed E-state index contributed by atoms with van der Waals surface area (Å²) in [7, 11) is 3.18. The number of hydrogen-bond acceptors (Lipinski definition) is 6. The molecule has 0 atom stereocenters. The average Bonchev–Trinajstić information content (AvgIpc) is 3.40. The molecule has 2 heterocycles. The Bertz CT molecular complexity index is 1630. The van der Waals surface area contributed by atoms with Gasteiger partial charge in [0.2, 0.25) is 5.91 Å². The summed E-state index contributed by atoms with van der Waals surface area (Å²) in [5.74, 6) is 1.05. The number of carbonyl (C=O) groups excluding carboxylic acids is 1. The van der Waals surface area contributed by atoms with Gasteiger partial charge in [-0.25, -0.2) is 4.98 Å². The Morgan fingerprint density at radius 3 is 2.37 bits per heavy atom. The van der Waals surface area contributed by atoms with Crippen LogP contribution in [-0.2, 0) is 17.8 Å². The van der Waals surface area contributed by atoms with Crippen molar-refractivity contribution in [1.29, 1.82) is 0 Å². The highest BCUT2D eigenvalue weighted by Crippen LogP contribution is 2.32. The number of nitrogens with one attached hydrogen (secondary N) is 1. The number of methoxy groups -OCH3 is 2. The fourth-order valence-corrected chi connectivity index (χ4v) is 5.27. The minimum absolute atomic E-state index is 0.101. The van der Waals surface area contributed by atoms with E-state index in [0.29, 0.717) is 34.7 Å². The second-order valence-electron chi connectivity index (χ2n) is 8.74. The summed E-state index contributed by atoms with van der Waals surface area (Å²) >= 11 is 1.42. The molecule has 192 valence electrons. The average molecular weight is 526 g/mol. The van der Waals surface area contributed by atoms with Crippen LogP contribution < -0.4 is 20.3 Å². The van der Waals surface area contributed by atoms with Crippen LogP contribution in [0.2, 0.25) is 0 Å². The van der Waals surface area contributed by atoms with Crippen molar-refractivity contribution in [3.05, 3.63) is 100 Å². The van der Waals surface area contributed by atoms with Crippen LogP contribution in [0, 0.1) is 0 Å². The zero-order valence-electron chi connectivity index (χ0n) is 21.1. The van der Waals surface area contributed by atoms with Crippen LogP contribution in [0.25, 0.3) is 32.5 Å². The van der Waals surface area contributed by atoms with Gasteiger partial charge in [-0.05, 0) is 40.8 Å². The molecule has 0 aliphatic carbocycles. The topological polar surface area (TPSA) is 82.5 Å². The summed E-state index contributed by atoms with van der Waals surface area (Å²) in [6, 6.07) is 23.9. The molecule has 0 aliphatic heterocycles. The van der Waals surface area contributed by atoms with Crippen molar-refractivity contribution in [2.24, 2.45) is 0 Å². The summed E-state index contributed by atoms with van der Waals surface area (Å²) in [6.45, 7) is 0.326. The first kappa shape index (κ1) is 25.2. The van der Waals surface area contributed by atoms with Gasteiger partial charge >= 0.3 is 0 Å². The van der Waals surface area contributed by atoms with Crippen LogP contribution in [-0.4, -0.2) is 36.2 Å². The molecule has 38 heavy (non-hydrogen) atoms. The highest BCUT2D eigenvalue weighted by atomic mass is 32.1. The molecule has 1 N–H and O–H groups in total. The third-order valence-electron chi connectivity index (χ3n) is 6.36. The van der Waals surface area contributed by atoms with Crippen LogP contribution in [0.5, 0.6) is 11.5 Å². The SMILES string of the molecule is COc1ccc(CCNC(=O)Cn2cnc3scc(-c4ccc(-c5ccccc5)cc4)c3c2=O)cc1OC. The van der Waals surface area contributed by atoms with Crippen molar-refractivity contribution in [2.75, 3.05) is 20.8 Å². The molecule has 0 bridgehead atoms. The molecule has 5 aromatic rings. The smallest absolute Gasteiger partial charge is 0.263 e. The van der Waals surface area contributed by atoms with Crippen molar-refractivity contribution in [1.82, 2.24) is 14.9 Å². The first-order valence-electron chi connectivity index (χ1n) is 12.2. The minimum atomic E-state index is -0.252. The predicted molar refractivity (Wildman–Crippen MR) is 151 cm³/mol. The van der Waals surface area contributed by atoms with Gasteiger partial charge in [0, 0.05) is 17.5 Å². The van der Waals surface area contributed by atoms with Gasteiger partial charge in [0.25, 0.3) is 5.56 Å². The summed E-state index contributed by atoms with van der Waals surface area (Å²) < 4.78 is 12.0. The van der Waals surface area contributed by atoms with Gasteiger partial charge < -0.3 is 14.8 Å². The fourth-order valence-electron chi connectivity index (χ4n) is 4.36. The van der Waals surface area contributed by atoms with Crippen molar-refractivity contribution < 1.29 is 14.3 Å². The lowest BCUT2D eigenvalue weighted by Gasteiger charge is -2.10. The van der Waals surface area contributed by atoms with E-state index < -0.39 is 0 Å². The van der Waals surface area contributed by atoms with Crippen LogP contribution in [0.15, 0.2) is 89.3 Å². The number of benzene rings is 3. The second-order valence-corrected chi connectivity index (χ2v) is 9.60. The molecule has 0 spiro atoms. The molecule has 0 aliphatic rings. The number of thiophene rings is 1. The maximum atomic E-state index is 13.4. The van der Waals surface area contributed by atoms with Gasteiger partial charge in [0.15, 0.2) is 11.5 Å². The Labute approximate surface area is 224 Å². The molecule has 8 heteroatoms. The van der Waals surface area contributed by atoms with Crippen molar-refractivity contribution in [2.45, 2.75) is 13.0 Å². The van der Waals surface area contributed by atoms with Crippen molar-refractivity contribution in [3.8, 4) is 33.8 Å². The van der Waals surface area contributed by atoms with Crippen molar-refractivity contribution >= 4 is 27.5 Å². The molecular formula is C30H27N3O4S. The van der Waals surface area contributed by atoms with E-state index in [0.717, 1.165) is 27.8 Å². The fraction of sp³-hybridized carbons (Fsp3) is 0.167. The summed E-state index contributed by atoms with van der Waals surface area (Å²) in [6.07, 6.45) is 2.06. The van der Waals surface area contributed by atoms with E-state index in [2.05, 4.69) is 34.6 Å². The standard InChI is InChI=1S/C30H27N3O4S/c1-36-25-13-8-20(16-26(25)37-2)14-15-31-27(34)17-33-19-32-29-28(30(33)35)24(18-38-29)23-11-9-22(10-12-23)21-6-4-3-5-7-21/h3-13,16,18-19H,14-15,17H2,1-2H3,(H,31,34). The number of rotatable bonds is 9. The van der Waals surface area contributed by atoms with Crippen LogP contribution >= 0.6 is 11.3 Å². The Kier molecular flexibility index (Phi) is 7.51. The van der Waals surface area contributed by atoms with E-state index in [9.17, 15) is 9.59 Å². The van der Waals surface area contributed by atoms with Gasteiger partial charge in [-0.1, -0.05) is 60.7 Å². The third kappa shape index (κ3) is 5.31. The van der Waals surface area contributed by atoms with E-state index in [-0.39, 0.29) is 18.0 Å². The van der Waals surface area contributed by atoms with Gasteiger partial charge in [0.05, 0.1) is 25.9 Å². The minimum Gasteiger partial charge on any atom is -0.493 e. The molecule has 2 aromatic heterocycles. The summed E-state index contributed by atoms with van der Waals surface area (Å²) in [5, 5.41) is 5.37. The molecule has 0 radical (unpaired) electrons. The molecule has 1 amide bonds.